The summed E-state index contributed by atoms with van der Waals surface area (Å²) in [4.78, 5) is 21.6. The molecule has 0 atom stereocenters. The molecule has 10 heteroatoms. The maximum atomic E-state index is 13.1. The van der Waals surface area contributed by atoms with E-state index in [1.807, 2.05) is 36.5 Å². The Bertz CT molecular complexity index is 1420. The highest BCUT2D eigenvalue weighted by atomic mass is 32.2. The van der Waals surface area contributed by atoms with Crippen LogP contribution < -0.4 is 0 Å². The van der Waals surface area contributed by atoms with Gasteiger partial charge in [-0.2, -0.15) is 9.40 Å². The van der Waals surface area contributed by atoms with Crippen LogP contribution in [0.25, 0.3) is 22.8 Å². The monoisotopic (exact) mass is 462 g/mol. The number of carbonyl (C=O) groups excluding carboxylic acids is 1. The summed E-state index contributed by atoms with van der Waals surface area (Å²) >= 11 is 0. The van der Waals surface area contributed by atoms with Crippen LogP contribution in [0.1, 0.15) is 5.56 Å². The molecule has 33 heavy (non-hydrogen) atoms. The number of H-pyrrole nitrogens is 1. The molecule has 3 aromatic heterocycles. The molecule has 5 rings (SSSR count). The lowest BCUT2D eigenvalue weighted by atomic mass is 10.3. The van der Waals surface area contributed by atoms with E-state index in [1.165, 1.54) is 16.6 Å². The van der Waals surface area contributed by atoms with E-state index in [1.54, 1.807) is 40.2 Å². The van der Waals surface area contributed by atoms with Crippen LogP contribution in [-0.2, 0) is 14.8 Å². The molecule has 1 saturated heterocycles. The van der Waals surface area contributed by atoms with Gasteiger partial charge >= 0.3 is 0 Å². The van der Waals surface area contributed by atoms with E-state index in [2.05, 4.69) is 15.1 Å². The van der Waals surface area contributed by atoms with Gasteiger partial charge in [0.15, 0.2) is 0 Å². The SMILES string of the molecule is O=C(/C=C/c1cnn(-c2ccccc2)c1)N1CCN(S(=O)(=O)c2c[nH]c3ncccc23)CC1. The van der Waals surface area contributed by atoms with Crippen molar-refractivity contribution in [3.63, 3.8) is 0 Å². The third kappa shape index (κ3) is 4.18. The number of para-hydroxylation sites is 1. The van der Waals surface area contributed by atoms with Crippen molar-refractivity contribution in [1.82, 2.24) is 29.0 Å². The van der Waals surface area contributed by atoms with Crippen LogP contribution in [0.4, 0.5) is 0 Å². The second-order valence-corrected chi connectivity index (χ2v) is 9.58. The molecule has 0 unspecified atom stereocenters. The quantitative estimate of drug-likeness (QED) is 0.458. The fraction of sp³-hybridized carbons (Fsp3) is 0.174. The number of rotatable bonds is 5. The number of aromatic nitrogens is 4. The van der Waals surface area contributed by atoms with Gasteiger partial charge in [-0.3, -0.25) is 4.79 Å². The molecule has 1 amide bonds. The van der Waals surface area contributed by atoms with Crippen molar-refractivity contribution in [1.29, 1.82) is 0 Å². The van der Waals surface area contributed by atoms with Crippen LogP contribution >= 0.6 is 0 Å². The largest absolute Gasteiger partial charge is 0.345 e. The van der Waals surface area contributed by atoms with Crippen molar-refractivity contribution in [3.8, 4) is 5.69 Å². The Hall–Kier alpha value is -3.76. The van der Waals surface area contributed by atoms with Crippen LogP contribution in [0, 0.1) is 0 Å². The number of benzene rings is 1. The molecule has 1 N–H and O–H groups in total. The third-order valence-electron chi connectivity index (χ3n) is 5.62. The predicted octanol–water partition coefficient (Wildman–Crippen LogP) is 2.29. The number of pyridine rings is 1. The summed E-state index contributed by atoms with van der Waals surface area (Å²) < 4.78 is 29.4. The molecule has 0 saturated carbocycles. The predicted molar refractivity (Wildman–Crippen MR) is 124 cm³/mol. The van der Waals surface area contributed by atoms with E-state index in [4.69, 9.17) is 0 Å². The second-order valence-electron chi connectivity index (χ2n) is 7.67. The standard InChI is InChI=1S/C23H22N6O3S/c30-22(9-8-18-15-26-29(17-18)19-5-2-1-3-6-19)27-11-13-28(14-12-27)33(31,32)21-16-25-23-20(21)7-4-10-24-23/h1-10,15-17H,11-14H2,(H,24,25)/b9-8+. The third-order valence-corrected chi connectivity index (χ3v) is 7.56. The molecule has 4 heterocycles. The summed E-state index contributed by atoms with van der Waals surface area (Å²) in [6.45, 7) is 1.13. The number of piperazine rings is 1. The molecule has 1 aliphatic heterocycles. The van der Waals surface area contributed by atoms with Crippen molar-refractivity contribution >= 4 is 33.0 Å². The van der Waals surface area contributed by atoms with Gasteiger partial charge < -0.3 is 9.88 Å². The van der Waals surface area contributed by atoms with Gasteiger partial charge in [-0.1, -0.05) is 18.2 Å². The smallest absolute Gasteiger partial charge is 0.246 e. The van der Waals surface area contributed by atoms with Crippen molar-refractivity contribution in [2.24, 2.45) is 0 Å². The Morgan fingerprint density at radius 1 is 1.03 bits per heavy atom. The summed E-state index contributed by atoms with van der Waals surface area (Å²) in [5, 5.41) is 4.88. The lowest BCUT2D eigenvalue weighted by Crippen LogP contribution is -2.50. The van der Waals surface area contributed by atoms with Gasteiger partial charge in [-0.05, 0) is 30.3 Å². The van der Waals surface area contributed by atoms with E-state index in [9.17, 15) is 13.2 Å². The molecule has 0 bridgehead atoms. The zero-order valence-corrected chi connectivity index (χ0v) is 18.5. The molecule has 9 nitrogen and oxygen atoms in total. The van der Waals surface area contributed by atoms with Crippen LogP contribution in [0.3, 0.4) is 0 Å². The normalized spacial score (nSPS) is 15.5. The highest BCUT2D eigenvalue weighted by molar-refractivity contribution is 7.89. The molecular formula is C23H22N6O3S. The highest BCUT2D eigenvalue weighted by Crippen LogP contribution is 2.25. The maximum Gasteiger partial charge on any atom is 0.246 e. The zero-order chi connectivity index (χ0) is 22.8. The fourth-order valence-electron chi connectivity index (χ4n) is 3.85. The van der Waals surface area contributed by atoms with Gasteiger partial charge in [-0.15, -0.1) is 0 Å². The van der Waals surface area contributed by atoms with Gasteiger partial charge in [0, 0.05) is 61.8 Å². The second kappa shape index (κ2) is 8.64. The summed E-state index contributed by atoms with van der Waals surface area (Å²) in [5.41, 5.74) is 2.28. The van der Waals surface area contributed by atoms with Crippen molar-refractivity contribution in [3.05, 3.63) is 78.9 Å². The van der Waals surface area contributed by atoms with Gasteiger partial charge in [0.25, 0.3) is 0 Å². The lowest BCUT2D eigenvalue weighted by Gasteiger charge is -2.33. The highest BCUT2D eigenvalue weighted by Gasteiger charge is 2.31. The number of hydrogen-bond donors (Lipinski definition) is 1. The van der Waals surface area contributed by atoms with Crippen molar-refractivity contribution in [2.45, 2.75) is 4.90 Å². The average Bonchev–Trinajstić information content (AvgIpc) is 3.51. The average molecular weight is 463 g/mol. The molecular weight excluding hydrogens is 440 g/mol. The maximum absolute atomic E-state index is 13.1. The Kier molecular flexibility index (Phi) is 5.53. The van der Waals surface area contributed by atoms with E-state index >= 15 is 0 Å². The molecule has 0 radical (unpaired) electrons. The fourth-order valence-corrected chi connectivity index (χ4v) is 5.42. The number of fused-ring (bicyclic) bond motifs is 1. The number of carbonyl (C=O) groups is 1. The summed E-state index contributed by atoms with van der Waals surface area (Å²) in [5.74, 6) is -0.157. The van der Waals surface area contributed by atoms with Crippen LogP contribution in [0.5, 0.6) is 0 Å². The zero-order valence-electron chi connectivity index (χ0n) is 17.7. The Balaban J connectivity index is 1.22. The summed E-state index contributed by atoms with van der Waals surface area (Å²) in [6.07, 6.45) is 9.85. The summed E-state index contributed by atoms with van der Waals surface area (Å²) in [6, 6.07) is 13.2. The van der Waals surface area contributed by atoms with Gasteiger partial charge in [0.05, 0.1) is 11.9 Å². The van der Waals surface area contributed by atoms with Crippen LogP contribution in [-0.4, -0.2) is 69.5 Å². The van der Waals surface area contributed by atoms with E-state index < -0.39 is 10.0 Å². The molecule has 0 spiro atoms. The first-order valence-corrected chi connectivity index (χ1v) is 12.0. The first-order chi connectivity index (χ1) is 16.0. The van der Waals surface area contributed by atoms with E-state index in [-0.39, 0.29) is 23.9 Å². The van der Waals surface area contributed by atoms with Crippen LogP contribution in [0.2, 0.25) is 0 Å². The van der Waals surface area contributed by atoms with E-state index in [0.717, 1.165) is 11.3 Å². The molecule has 0 aliphatic carbocycles. The number of amides is 1. The minimum Gasteiger partial charge on any atom is -0.345 e. The van der Waals surface area contributed by atoms with Gasteiger partial charge in [0.1, 0.15) is 10.5 Å². The molecule has 1 aliphatic rings. The Labute approximate surface area is 191 Å². The minimum atomic E-state index is -3.68. The Morgan fingerprint density at radius 3 is 2.61 bits per heavy atom. The van der Waals surface area contributed by atoms with Crippen molar-refractivity contribution < 1.29 is 13.2 Å². The van der Waals surface area contributed by atoms with E-state index in [0.29, 0.717) is 24.1 Å². The number of aromatic amines is 1. The molecule has 1 fully saturated rings. The number of nitrogens with zero attached hydrogens (tertiary/aromatic N) is 5. The van der Waals surface area contributed by atoms with Crippen molar-refractivity contribution in [2.75, 3.05) is 26.2 Å². The minimum absolute atomic E-state index is 0.157. The molecule has 168 valence electrons. The van der Waals surface area contributed by atoms with Gasteiger partial charge in [-0.25, -0.2) is 18.1 Å². The van der Waals surface area contributed by atoms with Crippen LogP contribution in [0.15, 0.2) is 78.2 Å². The first-order valence-electron chi connectivity index (χ1n) is 10.5. The topological polar surface area (TPSA) is 104 Å². The summed E-state index contributed by atoms with van der Waals surface area (Å²) in [7, 11) is -3.68. The number of nitrogens with one attached hydrogen (secondary N) is 1. The molecule has 4 aromatic rings. The molecule has 1 aromatic carbocycles. The Morgan fingerprint density at radius 2 is 1.82 bits per heavy atom. The number of hydrogen-bond acceptors (Lipinski definition) is 5. The number of sulfonamides is 1. The lowest BCUT2D eigenvalue weighted by molar-refractivity contribution is -0.127. The first kappa shape index (κ1) is 21.1. The van der Waals surface area contributed by atoms with Gasteiger partial charge in [0.2, 0.25) is 15.9 Å².